The molecule has 0 amide bonds. The molecular formula is C10H17N3O2S2. The quantitative estimate of drug-likeness (QED) is 0.657. The van der Waals surface area contributed by atoms with Crippen LogP contribution in [0.3, 0.4) is 0 Å². The minimum absolute atomic E-state index is 0.234. The van der Waals surface area contributed by atoms with Crippen LogP contribution in [0.4, 0.5) is 5.13 Å². The van der Waals surface area contributed by atoms with E-state index in [-0.39, 0.29) is 11.7 Å². The van der Waals surface area contributed by atoms with E-state index in [2.05, 4.69) is 15.5 Å². The summed E-state index contributed by atoms with van der Waals surface area (Å²) in [5.74, 6) is 0.0283. The number of hydrogen-bond donors (Lipinski definition) is 1. The molecule has 0 aliphatic carbocycles. The maximum Gasteiger partial charge on any atom is 0.316 e. The monoisotopic (exact) mass is 275 g/mol. The number of nitrogens with zero attached hydrogens (tertiary/aromatic N) is 2. The molecule has 0 unspecified atom stereocenters. The lowest BCUT2D eigenvalue weighted by Crippen LogP contribution is -2.24. The summed E-state index contributed by atoms with van der Waals surface area (Å²) in [5, 5.41) is 11.8. The number of aromatic nitrogens is 2. The number of anilines is 1. The first-order valence-electron chi connectivity index (χ1n) is 5.32. The molecule has 0 aromatic carbocycles. The molecule has 7 heteroatoms. The van der Waals surface area contributed by atoms with Crippen molar-refractivity contribution in [3.63, 3.8) is 0 Å². The number of ether oxygens (including phenoxy) is 1. The van der Waals surface area contributed by atoms with Crippen molar-refractivity contribution in [1.82, 2.24) is 10.2 Å². The van der Waals surface area contributed by atoms with Crippen molar-refractivity contribution in [3.8, 4) is 0 Å². The Kier molecular flexibility index (Phi) is 5.20. The van der Waals surface area contributed by atoms with Gasteiger partial charge in [-0.2, -0.15) is 0 Å². The Balaban J connectivity index is 2.37. The molecule has 96 valence electrons. The fourth-order valence-electron chi connectivity index (χ4n) is 0.982. The molecule has 0 saturated carbocycles. The van der Waals surface area contributed by atoms with E-state index < -0.39 is 5.60 Å². The largest absolute Gasteiger partial charge is 0.459 e. The second-order valence-corrected chi connectivity index (χ2v) is 6.48. The zero-order valence-electron chi connectivity index (χ0n) is 10.4. The average Bonchev–Trinajstić information content (AvgIpc) is 2.61. The minimum atomic E-state index is -0.437. The summed E-state index contributed by atoms with van der Waals surface area (Å²) in [5.41, 5.74) is -0.437. The van der Waals surface area contributed by atoms with Crippen molar-refractivity contribution >= 4 is 34.2 Å². The van der Waals surface area contributed by atoms with Gasteiger partial charge in [-0.3, -0.25) is 4.79 Å². The predicted octanol–water partition coefficient (Wildman–Crippen LogP) is 2.40. The Morgan fingerprint density at radius 3 is 2.76 bits per heavy atom. The lowest BCUT2D eigenvalue weighted by atomic mass is 10.2. The van der Waals surface area contributed by atoms with E-state index in [1.165, 1.54) is 23.1 Å². The van der Waals surface area contributed by atoms with Crippen LogP contribution in [0.25, 0.3) is 0 Å². The molecule has 0 atom stereocenters. The maximum atomic E-state index is 11.5. The highest BCUT2D eigenvalue weighted by atomic mass is 32.2. The molecule has 0 saturated heterocycles. The second kappa shape index (κ2) is 6.20. The summed E-state index contributed by atoms with van der Waals surface area (Å²) in [4.78, 5) is 11.5. The Morgan fingerprint density at radius 2 is 2.18 bits per heavy atom. The van der Waals surface area contributed by atoms with E-state index in [1.807, 2.05) is 27.7 Å². The first-order valence-corrected chi connectivity index (χ1v) is 7.13. The van der Waals surface area contributed by atoms with Gasteiger partial charge in [-0.25, -0.2) is 0 Å². The van der Waals surface area contributed by atoms with Gasteiger partial charge < -0.3 is 10.1 Å². The summed E-state index contributed by atoms with van der Waals surface area (Å²) in [6, 6.07) is 0. The van der Waals surface area contributed by atoms with Crippen LogP contribution in [-0.4, -0.2) is 34.1 Å². The standard InChI is InChI=1S/C10H17N3O2S2/c1-5-11-8-12-13-9(17-8)16-6-7(14)15-10(2,3)4/h5-6H2,1-4H3,(H,11,12). The van der Waals surface area contributed by atoms with Gasteiger partial charge in [0.15, 0.2) is 4.34 Å². The summed E-state index contributed by atoms with van der Waals surface area (Å²) in [6.07, 6.45) is 0. The normalized spacial score (nSPS) is 11.3. The average molecular weight is 275 g/mol. The van der Waals surface area contributed by atoms with Crippen LogP contribution in [0.5, 0.6) is 0 Å². The molecule has 1 rings (SSSR count). The van der Waals surface area contributed by atoms with Gasteiger partial charge in [0, 0.05) is 6.54 Å². The van der Waals surface area contributed by atoms with Crippen LogP contribution in [0.2, 0.25) is 0 Å². The van der Waals surface area contributed by atoms with Crippen molar-refractivity contribution in [2.24, 2.45) is 0 Å². The third-order valence-corrected chi connectivity index (χ3v) is 3.46. The van der Waals surface area contributed by atoms with Gasteiger partial charge in [0.1, 0.15) is 5.60 Å². The van der Waals surface area contributed by atoms with Gasteiger partial charge in [0.25, 0.3) is 0 Å². The van der Waals surface area contributed by atoms with Crippen LogP contribution >= 0.6 is 23.1 Å². The molecule has 0 bridgehead atoms. The number of carbonyl (C=O) groups is 1. The maximum absolute atomic E-state index is 11.5. The molecule has 5 nitrogen and oxygen atoms in total. The molecule has 1 N–H and O–H groups in total. The molecular weight excluding hydrogens is 258 g/mol. The van der Waals surface area contributed by atoms with Crippen LogP contribution in [0, 0.1) is 0 Å². The summed E-state index contributed by atoms with van der Waals surface area (Å²) in [6.45, 7) is 8.36. The van der Waals surface area contributed by atoms with Crippen molar-refractivity contribution in [2.75, 3.05) is 17.6 Å². The van der Waals surface area contributed by atoms with Crippen molar-refractivity contribution < 1.29 is 9.53 Å². The van der Waals surface area contributed by atoms with Crippen molar-refractivity contribution in [3.05, 3.63) is 0 Å². The number of carbonyl (C=O) groups excluding carboxylic acids is 1. The zero-order chi connectivity index (χ0) is 12.9. The number of nitrogens with one attached hydrogen (secondary N) is 1. The Labute approximate surface area is 109 Å². The van der Waals surface area contributed by atoms with E-state index in [9.17, 15) is 4.79 Å². The SMILES string of the molecule is CCNc1nnc(SCC(=O)OC(C)(C)C)s1. The summed E-state index contributed by atoms with van der Waals surface area (Å²) < 4.78 is 5.96. The van der Waals surface area contributed by atoms with Gasteiger partial charge in [-0.05, 0) is 27.7 Å². The molecule has 0 spiro atoms. The third kappa shape index (κ3) is 5.88. The smallest absolute Gasteiger partial charge is 0.316 e. The molecule has 0 aliphatic heterocycles. The second-order valence-electron chi connectivity index (χ2n) is 4.28. The Hall–Kier alpha value is -0.820. The molecule has 0 fully saturated rings. The molecule has 1 aromatic heterocycles. The fraction of sp³-hybridized carbons (Fsp3) is 0.700. The molecule has 1 aromatic rings. The van der Waals surface area contributed by atoms with E-state index in [1.54, 1.807) is 0 Å². The summed E-state index contributed by atoms with van der Waals surface area (Å²) >= 11 is 2.79. The van der Waals surface area contributed by atoms with Crippen LogP contribution in [0.15, 0.2) is 4.34 Å². The first-order chi connectivity index (χ1) is 7.90. The Morgan fingerprint density at radius 1 is 1.47 bits per heavy atom. The van der Waals surface area contributed by atoms with E-state index in [4.69, 9.17) is 4.74 Å². The molecule has 0 aliphatic rings. The topological polar surface area (TPSA) is 64.1 Å². The van der Waals surface area contributed by atoms with E-state index >= 15 is 0 Å². The minimum Gasteiger partial charge on any atom is -0.459 e. The number of esters is 1. The highest BCUT2D eigenvalue weighted by molar-refractivity contribution is 8.01. The van der Waals surface area contributed by atoms with Crippen LogP contribution < -0.4 is 5.32 Å². The van der Waals surface area contributed by atoms with Crippen LogP contribution in [-0.2, 0) is 9.53 Å². The highest BCUT2D eigenvalue weighted by Crippen LogP contribution is 2.25. The van der Waals surface area contributed by atoms with Gasteiger partial charge >= 0.3 is 5.97 Å². The molecule has 1 heterocycles. The van der Waals surface area contributed by atoms with Crippen molar-refractivity contribution in [2.45, 2.75) is 37.6 Å². The number of hydrogen-bond acceptors (Lipinski definition) is 7. The summed E-state index contributed by atoms with van der Waals surface area (Å²) in [7, 11) is 0. The van der Waals surface area contributed by atoms with Gasteiger partial charge in [0.05, 0.1) is 5.75 Å². The lowest BCUT2D eigenvalue weighted by Gasteiger charge is -2.18. The first kappa shape index (κ1) is 14.2. The molecule has 0 radical (unpaired) electrons. The fourth-order valence-corrected chi connectivity index (χ4v) is 2.58. The predicted molar refractivity (Wildman–Crippen MR) is 70.6 cm³/mol. The highest BCUT2D eigenvalue weighted by Gasteiger charge is 2.17. The molecule has 17 heavy (non-hydrogen) atoms. The van der Waals surface area contributed by atoms with Gasteiger partial charge in [0.2, 0.25) is 5.13 Å². The van der Waals surface area contributed by atoms with Crippen molar-refractivity contribution in [1.29, 1.82) is 0 Å². The Bertz CT molecular complexity index is 374. The van der Waals surface area contributed by atoms with Gasteiger partial charge in [-0.15, -0.1) is 10.2 Å². The van der Waals surface area contributed by atoms with E-state index in [0.717, 1.165) is 16.0 Å². The lowest BCUT2D eigenvalue weighted by molar-refractivity contribution is -0.151. The van der Waals surface area contributed by atoms with Gasteiger partial charge in [-0.1, -0.05) is 23.1 Å². The number of rotatable bonds is 5. The zero-order valence-corrected chi connectivity index (χ0v) is 12.1. The van der Waals surface area contributed by atoms with Crippen LogP contribution in [0.1, 0.15) is 27.7 Å². The third-order valence-electron chi connectivity index (χ3n) is 1.47. The van der Waals surface area contributed by atoms with E-state index in [0.29, 0.717) is 0 Å². The number of thioether (sulfide) groups is 1.